The van der Waals surface area contributed by atoms with E-state index < -0.39 is 0 Å². The molecule has 2 heterocycles. The summed E-state index contributed by atoms with van der Waals surface area (Å²) in [5, 5.41) is 6.16. The number of aromatic nitrogens is 1. The summed E-state index contributed by atoms with van der Waals surface area (Å²) < 4.78 is 0. The molecule has 1 aliphatic heterocycles. The minimum atomic E-state index is 0.137. The average Bonchev–Trinajstić information content (AvgIpc) is 2.95. The lowest BCUT2D eigenvalue weighted by atomic mass is 10.0. The van der Waals surface area contributed by atoms with Crippen LogP contribution in [-0.2, 0) is 17.9 Å². The van der Waals surface area contributed by atoms with Crippen molar-refractivity contribution >= 4 is 17.2 Å². The van der Waals surface area contributed by atoms with Crippen LogP contribution in [0.3, 0.4) is 0 Å². The van der Waals surface area contributed by atoms with Gasteiger partial charge in [0.25, 0.3) is 0 Å². The van der Waals surface area contributed by atoms with Gasteiger partial charge in [0, 0.05) is 17.8 Å². The van der Waals surface area contributed by atoms with Crippen molar-refractivity contribution in [1.82, 2.24) is 15.2 Å². The van der Waals surface area contributed by atoms with Crippen LogP contribution < -0.4 is 5.32 Å². The number of thiazole rings is 1. The number of nitrogens with zero attached hydrogens (tertiary/aromatic N) is 2. The van der Waals surface area contributed by atoms with E-state index in [-0.39, 0.29) is 11.8 Å². The first-order valence-corrected chi connectivity index (χ1v) is 9.04. The molecule has 1 aromatic rings. The molecule has 1 amide bonds. The number of rotatable bonds is 7. The van der Waals surface area contributed by atoms with Gasteiger partial charge < -0.3 is 5.32 Å². The maximum Gasteiger partial charge on any atom is 0.223 e. The Bertz CT molecular complexity index is 436. The lowest BCUT2D eigenvalue weighted by Crippen LogP contribution is -2.30. The van der Waals surface area contributed by atoms with Gasteiger partial charge in [-0.3, -0.25) is 9.69 Å². The van der Waals surface area contributed by atoms with E-state index in [4.69, 9.17) is 0 Å². The Morgan fingerprint density at radius 3 is 2.71 bits per heavy atom. The molecular formula is C16H27N3OS. The molecular weight excluding hydrogens is 282 g/mol. The van der Waals surface area contributed by atoms with Crippen LogP contribution in [0.2, 0.25) is 0 Å². The molecule has 0 radical (unpaired) electrons. The maximum atomic E-state index is 12.0. The SMILES string of the molecule is CCC(CC)C(=O)NCc1nc(CN2CCCCC2)cs1. The molecule has 1 aliphatic rings. The van der Waals surface area contributed by atoms with Crippen LogP contribution in [0, 0.1) is 5.92 Å². The third-order valence-electron chi connectivity index (χ3n) is 4.20. The highest BCUT2D eigenvalue weighted by atomic mass is 32.1. The highest BCUT2D eigenvalue weighted by Crippen LogP contribution is 2.16. The first-order valence-electron chi connectivity index (χ1n) is 8.16. The topological polar surface area (TPSA) is 45.2 Å². The second kappa shape index (κ2) is 8.49. The summed E-state index contributed by atoms with van der Waals surface area (Å²) in [6.07, 6.45) is 5.78. The number of piperidine rings is 1. The predicted molar refractivity (Wildman–Crippen MR) is 87.2 cm³/mol. The molecule has 5 heteroatoms. The zero-order chi connectivity index (χ0) is 15.1. The van der Waals surface area contributed by atoms with Crippen LogP contribution in [-0.4, -0.2) is 28.9 Å². The summed E-state index contributed by atoms with van der Waals surface area (Å²) in [6.45, 7) is 8.04. The normalized spacial score (nSPS) is 16.3. The van der Waals surface area contributed by atoms with Crippen LogP contribution in [0.1, 0.15) is 56.7 Å². The fraction of sp³-hybridized carbons (Fsp3) is 0.750. The largest absolute Gasteiger partial charge is 0.349 e. The van der Waals surface area contributed by atoms with Crippen molar-refractivity contribution in [2.24, 2.45) is 5.92 Å². The molecule has 0 bridgehead atoms. The summed E-state index contributed by atoms with van der Waals surface area (Å²) in [7, 11) is 0. The van der Waals surface area contributed by atoms with Crippen LogP contribution in [0.5, 0.6) is 0 Å². The molecule has 0 spiro atoms. The minimum absolute atomic E-state index is 0.137. The number of hydrogen-bond donors (Lipinski definition) is 1. The number of hydrogen-bond acceptors (Lipinski definition) is 4. The van der Waals surface area contributed by atoms with E-state index in [1.807, 2.05) is 0 Å². The average molecular weight is 309 g/mol. The molecule has 4 nitrogen and oxygen atoms in total. The Morgan fingerprint density at radius 2 is 2.05 bits per heavy atom. The number of likely N-dealkylation sites (tertiary alicyclic amines) is 1. The zero-order valence-corrected chi connectivity index (χ0v) is 14.0. The molecule has 1 fully saturated rings. The van der Waals surface area contributed by atoms with Crippen LogP contribution in [0.15, 0.2) is 5.38 Å². The molecule has 21 heavy (non-hydrogen) atoms. The smallest absolute Gasteiger partial charge is 0.223 e. The predicted octanol–water partition coefficient (Wildman–Crippen LogP) is 3.18. The monoisotopic (exact) mass is 309 g/mol. The second-order valence-electron chi connectivity index (χ2n) is 5.80. The molecule has 2 rings (SSSR count). The van der Waals surface area contributed by atoms with Crippen molar-refractivity contribution < 1.29 is 4.79 Å². The lowest BCUT2D eigenvalue weighted by molar-refractivity contribution is -0.125. The van der Waals surface area contributed by atoms with Crippen molar-refractivity contribution in [3.05, 3.63) is 16.1 Å². The van der Waals surface area contributed by atoms with Gasteiger partial charge in [-0.25, -0.2) is 4.98 Å². The first-order chi connectivity index (χ1) is 10.2. The summed E-state index contributed by atoms with van der Waals surface area (Å²) in [5.74, 6) is 0.297. The highest BCUT2D eigenvalue weighted by molar-refractivity contribution is 7.09. The summed E-state index contributed by atoms with van der Waals surface area (Å²) in [5.41, 5.74) is 1.15. The van der Waals surface area contributed by atoms with Crippen LogP contribution in [0.4, 0.5) is 0 Å². The standard InChI is InChI=1S/C16H27N3OS/c1-3-13(4-2)16(20)17-10-15-18-14(12-21-15)11-19-8-6-5-7-9-19/h12-13H,3-11H2,1-2H3,(H,17,20). The lowest BCUT2D eigenvalue weighted by Gasteiger charge is -2.25. The molecule has 1 saturated heterocycles. The van der Waals surface area contributed by atoms with Gasteiger partial charge >= 0.3 is 0 Å². The molecule has 0 unspecified atom stereocenters. The zero-order valence-electron chi connectivity index (χ0n) is 13.2. The van der Waals surface area contributed by atoms with Crippen molar-refractivity contribution in [3.8, 4) is 0 Å². The second-order valence-corrected chi connectivity index (χ2v) is 6.74. The Kier molecular flexibility index (Phi) is 6.64. The molecule has 0 aliphatic carbocycles. The minimum Gasteiger partial charge on any atom is -0.349 e. The van der Waals surface area contributed by atoms with Crippen LogP contribution >= 0.6 is 11.3 Å². The first kappa shape index (κ1) is 16.4. The summed E-state index contributed by atoms with van der Waals surface area (Å²) in [6, 6.07) is 0. The molecule has 1 aromatic heterocycles. The Hall–Kier alpha value is -0.940. The number of nitrogens with one attached hydrogen (secondary N) is 1. The van der Waals surface area contributed by atoms with Crippen molar-refractivity contribution in [2.75, 3.05) is 13.1 Å². The molecule has 1 N–H and O–H groups in total. The van der Waals surface area contributed by atoms with Crippen molar-refractivity contribution in [1.29, 1.82) is 0 Å². The van der Waals surface area contributed by atoms with E-state index in [9.17, 15) is 4.79 Å². The van der Waals surface area contributed by atoms with E-state index in [0.717, 1.165) is 30.1 Å². The van der Waals surface area contributed by atoms with Gasteiger partial charge in [-0.1, -0.05) is 20.3 Å². The third kappa shape index (κ3) is 5.08. The number of amides is 1. The van der Waals surface area contributed by atoms with E-state index in [0.29, 0.717) is 6.54 Å². The molecule has 0 atom stereocenters. The van der Waals surface area contributed by atoms with Crippen molar-refractivity contribution in [3.63, 3.8) is 0 Å². The van der Waals surface area contributed by atoms with Gasteiger partial charge in [0.2, 0.25) is 5.91 Å². The third-order valence-corrected chi connectivity index (χ3v) is 5.10. The van der Waals surface area contributed by atoms with Gasteiger partial charge in [0.15, 0.2) is 0 Å². The molecule has 0 saturated carbocycles. The van der Waals surface area contributed by atoms with Crippen molar-refractivity contribution in [2.45, 2.75) is 59.0 Å². The fourth-order valence-electron chi connectivity index (χ4n) is 2.82. The van der Waals surface area contributed by atoms with Gasteiger partial charge in [-0.05, 0) is 38.8 Å². The Balaban J connectivity index is 1.78. The Labute approximate surface area is 132 Å². The highest BCUT2D eigenvalue weighted by Gasteiger charge is 2.15. The summed E-state index contributed by atoms with van der Waals surface area (Å²) in [4.78, 5) is 19.1. The van der Waals surface area contributed by atoms with Gasteiger partial charge in [-0.2, -0.15) is 0 Å². The van der Waals surface area contributed by atoms with E-state index in [1.165, 1.54) is 32.4 Å². The molecule has 0 aromatic carbocycles. The van der Waals surface area contributed by atoms with Gasteiger partial charge in [0.05, 0.1) is 12.2 Å². The van der Waals surface area contributed by atoms with E-state index >= 15 is 0 Å². The quantitative estimate of drug-likeness (QED) is 0.841. The number of carbonyl (C=O) groups is 1. The van der Waals surface area contributed by atoms with Crippen LogP contribution in [0.25, 0.3) is 0 Å². The summed E-state index contributed by atoms with van der Waals surface area (Å²) >= 11 is 1.65. The molecule has 118 valence electrons. The van der Waals surface area contributed by atoms with E-state index in [1.54, 1.807) is 11.3 Å². The van der Waals surface area contributed by atoms with Gasteiger partial charge in [0.1, 0.15) is 5.01 Å². The van der Waals surface area contributed by atoms with E-state index in [2.05, 4.69) is 34.4 Å². The number of carbonyl (C=O) groups excluding carboxylic acids is 1. The Morgan fingerprint density at radius 1 is 1.33 bits per heavy atom. The van der Waals surface area contributed by atoms with Gasteiger partial charge in [-0.15, -0.1) is 11.3 Å². The fourth-order valence-corrected chi connectivity index (χ4v) is 3.54. The maximum absolute atomic E-state index is 12.0.